The number of rotatable bonds is 5. The van der Waals surface area contributed by atoms with E-state index in [1.807, 2.05) is 0 Å². The maximum atomic E-state index is 4.35. The topological polar surface area (TPSA) is 36.4 Å². The molecule has 1 atom stereocenters. The summed E-state index contributed by atoms with van der Waals surface area (Å²) in [5.74, 6) is 1.60. The molecular weight excluding hydrogens is 290 g/mol. The minimum Gasteiger partial charge on any atom is -0.356 e. The van der Waals surface area contributed by atoms with Crippen LogP contribution in [0.3, 0.4) is 0 Å². The van der Waals surface area contributed by atoms with Crippen molar-refractivity contribution < 1.29 is 0 Å². The molecule has 0 fully saturated rings. The third-order valence-electron chi connectivity index (χ3n) is 3.22. The molecule has 2 rings (SSSR count). The lowest BCUT2D eigenvalue weighted by Gasteiger charge is -2.16. The van der Waals surface area contributed by atoms with Gasteiger partial charge in [-0.25, -0.2) is 0 Å². The zero-order valence-corrected chi connectivity index (χ0v) is 12.3. The Hall–Kier alpha value is -1.03. The zero-order chi connectivity index (χ0) is 12.8. The Morgan fingerprint density at radius 1 is 1.50 bits per heavy atom. The Labute approximate surface area is 117 Å². The van der Waals surface area contributed by atoms with Crippen LogP contribution in [0.4, 0.5) is 0 Å². The summed E-state index contributed by atoms with van der Waals surface area (Å²) in [4.78, 5) is 4.35. The first-order chi connectivity index (χ1) is 8.78. The molecule has 0 aliphatic carbocycles. The SMILES string of the molecule is CCC(CNC1=NCCN1)Cc1cccc(Br)c1. The van der Waals surface area contributed by atoms with Crippen molar-refractivity contribution in [1.82, 2.24) is 10.6 Å². The Balaban J connectivity index is 1.84. The molecule has 98 valence electrons. The molecule has 4 heteroatoms. The Morgan fingerprint density at radius 2 is 2.39 bits per heavy atom. The summed E-state index contributed by atoms with van der Waals surface area (Å²) in [6.07, 6.45) is 2.28. The van der Waals surface area contributed by atoms with E-state index in [0.29, 0.717) is 5.92 Å². The van der Waals surface area contributed by atoms with Gasteiger partial charge in [0, 0.05) is 17.6 Å². The quantitative estimate of drug-likeness (QED) is 0.877. The molecule has 2 N–H and O–H groups in total. The van der Waals surface area contributed by atoms with Crippen LogP contribution in [0.1, 0.15) is 18.9 Å². The lowest BCUT2D eigenvalue weighted by atomic mass is 9.97. The van der Waals surface area contributed by atoms with Crippen molar-refractivity contribution in [2.45, 2.75) is 19.8 Å². The fraction of sp³-hybridized carbons (Fsp3) is 0.500. The summed E-state index contributed by atoms with van der Waals surface area (Å²) in [6, 6.07) is 8.56. The van der Waals surface area contributed by atoms with Crippen molar-refractivity contribution in [3.05, 3.63) is 34.3 Å². The standard InChI is InChI=1S/C14H20BrN3/c1-2-11(10-18-14-16-6-7-17-14)8-12-4-3-5-13(15)9-12/h3-5,9,11H,2,6-8,10H2,1H3,(H2,16,17,18). The molecule has 0 bridgehead atoms. The first-order valence-electron chi connectivity index (χ1n) is 6.54. The molecule has 3 nitrogen and oxygen atoms in total. The van der Waals surface area contributed by atoms with E-state index in [0.717, 1.165) is 36.5 Å². The highest BCUT2D eigenvalue weighted by molar-refractivity contribution is 9.10. The highest BCUT2D eigenvalue weighted by Crippen LogP contribution is 2.16. The number of hydrogen-bond donors (Lipinski definition) is 2. The summed E-state index contributed by atoms with van der Waals surface area (Å²) < 4.78 is 1.16. The van der Waals surface area contributed by atoms with Crippen LogP contribution in [0.25, 0.3) is 0 Å². The summed E-state index contributed by atoms with van der Waals surface area (Å²) >= 11 is 3.52. The number of hydrogen-bond acceptors (Lipinski definition) is 3. The van der Waals surface area contributed by atoms with Crippen molar-refractivity contribution >= 4 is 21.9 Å². The molecule has 0 spiro atoms. The van der Waals surface area contributed by atoms with E-state index >= 15 is 0 Å². The predicted octanol–water partition coefficient (Wildman–Crippen LogP) is 2.57. The molecule has 0 saturated heterocycles. The van der Waals surface area contributed by atoms with E-state index in [2.05, 4.69) is 62.7 Å². The van der Waals surface area contributed by atoms with Crippen LogP contribution in [-0.4, -0.2) is 25.6 Å². The van der Waals surface area contributed by atoms with Crippen LogP contribution in [0.15, 0.2) is 33.7 Å². The van der Waals surface area contributed by atoms with Crippen LogP contribution < -0.4 is 10.6 Å². The van der Waals surface area contributed by atoms with Gasteiger partial charge in [0.2, 0.25) is 0 Å². The van der Waals surface area contributed by atoms with E-state index in [9.17, 15) is 0 Å². The van der Waals surface area contributed by atoms with Gasteiger partial charge < -0.3 is 10.6 Å². The van der Waals surface area contributed by atoms with Gasteiger partial charge in [-0.05, 0) is 30.0 Å². The minimum absolute atomic E-state index is 0.643. The highest BCUT2D eigenvalue weighted by atomic mass is 79.9. The van der Waals surface area contributed by atoms with Crippen molar-refractivity contribution in [2.24, 2.45) is 10.9 Å². The second kappa shape index (κ2) is 6.78. The monoisotopic (exact) mass is 309 g/mol. The van der Waals surface area contributed by atoms with Gasteiger partial charge in [0.25, 0.3) is 0 Å². The normalized spacial score (nSPS) is 16.0. The Bertz CT molecular complexity index is 417. The number of aliphatic imine (C=N–C) groups is 1. The average Bonchev–Trinajstić information content (AvgIpc) is 2.87. The maximum absolute atomic E-state index is 4.35. The van der Waals surface area contributed by atoms with Gasteiger partial charge in [0.05, 0.1) is 6.54 Å². The zero-order valence-electron chi connectivity index (χ0n) is 10.7. The van der Waals surface area contributed by atoms with E-state index in [-0.39, 0.29) is 0 Å². The first-order valence-corrected chi connectivity index (χ1v) is 7.34. The second-order valence-electron chi connectivity index (χ2n) is 4.65. The Kier molecular flexibility index (Phi) is 5.05. The predicted molar refractivity (Wildman–Crippen MR) is 79.9 cm³/mol. The van der Waals surface area contributed by atoms with E-state index in [4.69, 9.17) is 0 Å². The fourth-order valence-electron chi connectivity index (χ4n) is 2.12. The van der Waals surface area contributed by atoms with Crippen molar-refractivity contribution in [3.8, 4) is 0 Å². The van der Waals surface area contributed by atoms with Gasteiger partial charge in [-0.15, -0.1) is 0 Å². The number of nitrogens with one attached hydrogen (secondary N) is 2. The molecular formula is C14H20BrN3. The molecule has 1 aromatic carbocycles. The van der Waals surface area contributed by atoms with Gasteiger partial charge in [0.1, 0.15) is 0 Å². The Morgan fingerprint density at radius 3 is 3.06 bits per heavy atom. The average molecular weight is 310 g/mol. The fourth-order valence-corrected chi connectivity index (χ4v) is 2.56. The van der Waals surface area contributed by atoms with Gasteiger partial charge >= 0.3 is 0 Å². The lowest BCUT2D eigenvalue weighted by Crippen LogP contribution is -2.37. The molecule has 0 aromatic heterocycles. The largest absolute Gasteiger partial charge is 0.356 e. The van der Waals surface area contributed by atoms with Crippen LogP contribution in [0.5, 0.6) is 0 Å². The van der Waals surface area contributed by atoms with Crippen molar-refractivity contribution in [1.29, 1.82) is 0 Å². The van der Waals surface area contributed by atoms with Crippen molar-refractivity contribution in [3.63, 3.8) is 0 Å². The van der Waals surface area contributed by atoms with Crippen LogP contribution in [0, 0.1) is 5.92 Å². The number of halogens is 1. The van der Waals surface area contributed by atoms with Gasteiger partial charge in [-0.1, -0.05) is 41.4 Å². The molecule has 0 saturated carbocycles. The molecule has 0 radical (unpaired) electrons. The molecule has 18 heavy (non-hydrogen) atoms. The van der Waals surface area contributed by atoms with Crippen LogP contribution >= 0.6 is 15.9 Å². The van der Waals surface area contributed by atoms with Crippen LogP contribution in [-0.2, 0) is 6.42 Å². The first kappa shape index (κ1) is 13.4. The summed E-state index contributed by atoms with van der Waals surface area (Å²) in [5.41, 5.74) is 1.39. The number of benzene rings is 1. The van der Waals surface area contributed by atoms with Gasteiger partial charge in [-0.3, -0.25) is 4.99 Å². The molecule has 0 amide bonds. The lowest BCUT2D eigenvalue weighted by molar-refractivity contribution is 0.495. The van der Waals surface area contributed by atoms with Crippen LogP contribution in [0.2, 0.25) is 0 Å². The molecule has 1 unspecified atom stereocenters. The smallest absolute Gasteiger partial charge is 0.191 e. The van der Waals surface area contributed by atoms with E-state index < -0.39 is 0 Å². The van der Waals surface area contributed by atoms with E-state index in [1.54, 1.807) is 0 Å². The summed E-state index contributed by atoms with van der Waals surface area (Å²) in [5, 5.41) is 6.64. The van der Waals surface area contributed by atoms with Gasteiger partial charge in [-0.2, -0.15) is 0 Å². The maximum Gasteiger partial charge on any atom is 0.191 e. The molecule has 1 heterocycles. The molecule has 1 aliphatic rings. The molecule has 1 aromatic rings. The van der Waals surface area contributed by atoms with E-state index in [1.165, 1.54) is 12.0 Å². The third kappa shape index (κ3) is 4.02. The van der Waals surface area contributed by atoms with Crippen molar-refractivity contribution in [2.75, 3.05) is 19.6 Å². The minimum atomic E-state index is 0.643. The highest BCUT2D eigenvalue weighted by Gasteiger charge is 2.10. The third-order valence-corrected chi connectivity index (χ3v) is 3.72. The molecule has 1 aliphatic heterocycles. The number of nitrogens with zero attached hydrogens (tertiary/aromatic N) is 1. The summed E-state index contributed by atoms with van der Waals surface area (Å²) in [6.45, 7) is 5.08. The van der Waals surface area contributed by atoms with Gasteiger partial charge in [0.15, 0.2) is 5.96 Å². The number of guanidine groups is 1. The second-order valence-corrected chi connectivity index (χ2v) is 5.56. The summed E-state index contributed by atoms with van der Waals surface area (Å²) in [7, 11) is 0.